The number of anilines is 1. The van der Waals surface area contributed by atoms with E-state index in [9.17, 15) is 10.1 Å². The Morgan fingerprint density at radius 2 is 2.41 bits per heavy atom. The van der Waals surface area contributed by atoms with Gasteiger partial charge in [0.05, 0.1) is 30.3 Å². The summed E-state index contributed by atoms with van der Waals surface area (Å²) in [7, 11) is 1.47. The Bertz CT molecular complexity index is 473. The van der Waals surface area contributed by atoms with Crippen LogP contribution in [0.1, 0.15) is 0 Å². The van der Waals surface area contributed by atoms with Crippen molar-refractivity contribution in [2.75, 3.05) is 25.5 Å². The highest BCUT2D eigenvalue weighted by molar-refractivity contribution is 5.96. The fraction of sp³-hybridized carbons (Fsp3) is 0.300. The van der Waals surface area contributed by atoms with Gasteiger partial charge in [-0.3, -0.25) is 15.1 Å². The molecule has 0 saturated heterocycles. The van der Waals surface area contributed by atoms with Crippen molar-refractivity contribution in [2.24, 2.45) is 4.99 Å². The van der Waals surface area contributed by atoms with Crippen molar-refractivity contribution >= 4 is 17.3 Å². The lowest BCUT2D eigenvalue weighted by molar-refractivity contribution is -0.384. The largest absolute Gasteiger partial charge is 0.494 e. The van der Waals surface area contributed by atoms with E-state index >= 15 is 0 Å². The van der Waals surface area contributed by atoms with Crippen LogP contribution in [0, 0.1) is 10.1 Å². The van der Waals surface area contributed by atoms with Crippen LogP contribution in [0.4, 0.5) is 11.4 Å². The first-order valence-corrected chi connectivity index (χ1v) is 5.08. The lowest BCUT2D eigenvalue weighted by Gasteiger charge is -2.10. The molecule has 7 heteroatoms. The van der Waals surface area contributed by atoms with Gasteiger partial charge in [-0.2, -0.15) is 0 Å². The molecule has 0 saturated carbocycles. The molecule has 90 valence electrons. The molecule has 1 aromatic rings. The minimum absolute atomic E-state index is 0.00581. The average Bonchev–Trinajstić information content (AvgIpc) is 2.82. The van der Waals surface area contributed by atoms with Gasteiger partial charge in [-0.1, -0.05) is 0 Å². The van der Waals surface area contributed by atoms with Crippen LogP contribution in [0.5, 0.6) is 5.75 Å². The maximum Gasteiger partial charge on any atom is 0.273 e. The summed E-state index contributed by atoms with van der Waals surface area (Å²) in [4.78, 5) is 14.3. The number of ether oxygens (including phenoxy) is 1. The number of guanidine groups is 1. The van der Waals surface area contributed by atoms with E-state index in [0.717, 1.165) is 13.1 Å². The summed E-state index contributed by atoms with van der Waals surface area (Å²) in [5.41, 5.74) is 0.639. The van der Waals surface area contributed by atoms with E-state index in [1.54, 1.807) is 6.07 Å². The van der Waals surface area contributed by atoms with Crippen LogP contribution in [0.3, 0.4) is 0 Å². The number of nitrogens with one attached hydrogen (secondary N) is 2. The first-order chi connectivity index (χ1) is 8.20. The van der Waals surface area contributed by atoms with Crippen LogP contribution >= 0.6 is 0 Å². The highest BCUT2D eigenvalue weighted by Gasteiger charge is 2.13. The molecule has 1 aliphatic heterocycles. The van der Waals surface area contributed by atoms with Crippen molar-refractivity contribution in [3.8, 4) is 5.75 Å². The maximum absolute atomic E-state index is 10.6. The minimum Gasteiger partial charge on any atom is -0.494 e. The molecule has 1 aliphatic rings. The van der Waals surface area contributed by atoms with Crippen molar-refractivity contribution in [1.82, 2.24) is 5.32 Å². The molecular weight excluding hydrogens is 224 g/mol. The van der Waals surface area contributed by atoms with Crippen LogP contribution in [0.25, 0.3) is 0 Å². The Morgan fingerprint density at radius 3 is 3.00 bits per heavy atom. The fourth-order valence-electron chi connectivity index (χ4n) is 1.51. The molecule has 0 spiro atoms. The molecule has 0 aliphatic carbocycles. The summed E-state index contributed by atoms with van der Waals surface area (Å²) in [6.07, 6.45) is 0. The van der Waals surface area contributed by atoms with E-state index in [-0.39, 0.29) is 5.69 Å². The van der Waals surface area contributed by atoms with E-state index in [0.29, 0.717) is 17.4 Å². The molecule has 0 aromatic heterocycles. The Hall–Kier alpha value is -2.31. The summed E-state index contributed by atoms with van der Waals surface area (Å²) < 4.78 is 5.10. The van der Waals surface area contributed by atoms with Crippen molar-refractivity contribution < 1.29 is 9.66 Å². The van der Waals surface area contributed by atoms with Gasteiger partial charge in [0, 0.05) is 12.6 Å². The normalized spacial score (nSPS) is 13.8. The van der Waals surface area contributed by atoms with Crippen LogP contribution in [0.15, 0.2) is 23.2 Å². The van der Waals surface area contributed by atoms with Crippen molar-refractivity contribution in [3.63, 3.8) is 0 Å². The number of aliphatic imine (C=N–C) groups is 1. The number of methoxy groups -OCH3 is 1. The Kier molecular flexibility index (Phi) is 3.08. The number of benzene rings is 1. The predicted octanol–water partition coefficient (Wildman–Crippen LogP) is 0.974. The number of non-ortho nitro benzene ring substituents is 1. The fourth-order valence-corrected chi connectivity index (χ4v) is 1.51. The van der Waals surface area contributed by atoms with Crippen LogP contribution < -0.4 is 15.4 Å². The van der Waals surface area contributed by atoms with Crippen LogP contribution in [-0.2, 0) is 0 Å². The van der Waals surface area contributed by atoms with Crippen molar-refractivity contribution in [2.45, 2.75) is 0 Å². The Balaban J connectivity index is 2.24. The summed E-state index contributed by atoms with van der Waals surface area (Å²) in [6.45, 7) is 1.51. The first kappa shape index (κ1) is 11.2. The third-order valence-corrected chi connectivity index (χ3v) is 2.32. The molecule has 0 bridgehead atoms. The average molecular weight is 236 g/mol. The van der Waals surface area contributed by atoms with E-state index < -0.39 is 4.92 Å². The lowest BCUT2D eigenvalue weighted by atomic mass is 10.2. The van der Waals surface area contributed by atoms with Gasteiger partial charge in [-0.25, -0.2) is 0 Å². The van der Waals surface area contributed by atoms with Crippen LogP contribution in [0.2, 0.25) is 0 Å². The summed E-state index contributed by atoms with van der Waals surface area (Å²) in [5.74, 6) is 1.06. The van der Waals surface area contributed by atoms with Gasteiger partial charge in [-0.05, 0) is 6.07 Å². The predicted molar refractivity (Wildman–Crippen MR) is 63.6 cm³/mol. The monoisotopic (exact) mass is 236 g/mol. The topological polar surface area (TPSA) is 88.8 Å². The lowest BCUT2D eigenvalue weighted by Crippen LogP contribution is -2.26. The SMILES string of the molecule is COc1cc([N+](=O)[O-])ccc1NC1=NCCN1. The standard InChI is InChI=1S/C10H12N4O3/c1-17-9-6-7(14(15)16)2-3-8(9)13-10-11-4-5-12-10/h2-3,6H,4-5H2,1H3,(H2,11,12,13). The Labute approximate surface area is 97.6 Å². The van der Waals surface area contributed by atoms with Gasteiger partial charge in [0.1, 0.15) is 5.75 Å². The zero-order valence-corrected chi connectivity index (χ0v) is 9.27. The van der Waals surface area contributed by atoms with E-state index in [4.69, 9.17) is 4.74 Å². The third-order valence-electron chi connectivity index (χ3n) is 2.32. The second kappa shape index (κ2) is 4.69. The highest BCUT2D eigenvalue weighted by Crippen LogP contribution is 2.28. The number of hydrogen-bond donors (Lipinski definition) is 2. The molecule has 2 N–H and O–H groups in total. The summed E-state index contributed by atoms with van der Waals surface area (Å²) >= 11 is 0. The zero-order chi connectivity index (χ0) is 12.3. The summed E-state index contributed by atoms with van der Waals surface area (Å²) in [5, 5.41) is 16.7. The number of hydrogen-bond acceptors (Lipinski definition) is 6. The molecular formula is C10H12N4O3. The second-order valence-corrected chi connectivity index (χ2v) is 3.42. The summed E-state index contributed by atoms with van der Waals surface area (Å²) in [6, 6.07) is 4.39. The smallest absolute Gasteiger partial charge is 0.273 e. The van der Waals surface area contributed by atoms with Crippen LogP contribution in [-0.4, -0.2) is 31.1 Å². The zero-order valence-electron chi connectivity index (χ0n) is 9.27. The number of rotatable bonds is 3. The molecule has 1 aromatic carbocycles. The molecule has 0 amide bonds. The molecule has 1 heterocycles. The molecule has 0 unspecified atom stereocenters. The van der Waals surface area contributed by atoms with E-state index in [1.165, 1.54) is 19.2 Å². The second-order valence-electron chi connectivity index (χ2n) is 3.42. The quantitative estimate of drug-likeness (QED) is 0.603. The van der Waals surface area contributed by atoms with Gasteiger partial charge in [0.25, 0.3) is 5.69 Å². The first-order valence-electron chi connectivity index (χ1n) is 5.08. The van der Waals surface area contributed by atoms with Gasteiger partial charge in [-0.15, -0.1) is 0 Å². The molecule has 17 heavy (non-hydrogen) atoms. The van der Waals surface area contributed by atoms with Gasteiger partial charge in [0.2, 0.25) is 0 Å². The third kappa shape index (κ3) is 2.44. The molecule has 0 atom stereocenters. The maximum atomic E-state index is 10.6. The molecule has 7 nitrogen and oxygen atoms in total. The highest BCUT2D eigenvalue weighted by atomic mass is 16.6. The van der Waals surface area contributed by atoms with Crippen molar-refractivity contribution in [3.05, 3.63) is 28.3 Å². The van der Waals surface area contributed by atoms with Gasteiger partial charge >= 0.3 is 0 Å². The molecule has 2 rings (SSSR count). The Morgan fingerprint density at radius 1 is 1.59 bits per heavy atom. The van der Waals surface area contributed by atoms with Gasteiger partial charge < -0.3 is 15.4 Å². The number of nitrogens with zero attached hydrogens (tertiary/aromatic N) is 2. The minimum atomic E-state index is -0.461. The number of nitro groups is 1. The van der Waals surface area contributed by atoms with E-state index in [1.807, 2.05) is 0 Å². The molecule has 0 fully saturated rings. The number of nitro benzene ring substituents is 1. The van der Waals surface area contributed by atoms with Crippen molar-refractivity contribution in [1.29, 1.82) is 0 Å². The van der Waals surface area contributed by atoms with E-state index in [2.05, 4.69) is 15.6 Å². The molecule has 0 radical (unpaired) electrons. The van der Waals surface area contributed by atoms with Gasteiger partial charge in [0.15, 0.2) is 5.96 Å².